The first kappa shape index (κ1) is 13.6. The third kappa shape index (κ3) is 3.03. The number of nitrogens with two attached hydrogens (primary N) is 1. The average molecular weight is 290 g/mol. The average Bonchev–Trinajstić information content (AvgIpc) is 2.29. The van der Waals surface area contributed by atoms with E-state index in [1.165, 1.54) is 6.07 Å². The lowest BCUT2D eigenvalue weighted by Crippen LogP contribution is -2.36. The van der Waals surface area contributed by atoms with Crippen molar-refractivity contribution in [1.29, 1.82) is 0 Å². The molecule has 0 aliphatic carbocycles. The van der Waals surface area contributed by atoms with Crippen LogP contribution in [0.3, 0.4) is 0 Å². The first-order valence-corrected chi connectivity index (χ1v) is 6.11. The Morgan fingerprint density at radius 3 is 2.62 bits per heavy atom. The minimum atomic E-state index is -0.408. The van der Waals surface area contributed by atoms with Gasteiger partial charge in [-0.05, 0) is 30.5 Å². The Balaban J connectivity index is 2.93. The summed E-state index contributed by atoms with van der Waals surface area (Å²) in [6.07, 6.45) is 1.20. The lowest BCUT2D eigenvalue weighted by atomic mass is 9.80. The molecule has 0 aromatic heterocycles. The normalized spacial score (nSPS) is 14.8. The molecule has 0 saturated carbocycles. The van der Waals surface area contributed by atoms with E-state index in [4.69, 9.17) is 5.73 Å². The molecule has 0 fully saturated rings. The smallest absolute Gasteiger partial charge is 0.127 e. The summed E-state index contributed by atoms with van der Waals surface area (Å²) in [5.41, 5.74) is 5.86. The van der Waals surface area contributed by atoms with Crippen LogP contribution in [0.1, 0.15) is 18.9 Å². The number of aliphatic hydroxyl groups excluding tert-OH is 1. The fraction of sp³-hybridized carbons (Fsp3) is 0.500. The highest BCUT2D eigenvalue weighted by atomic mass is 79.9. The molecule has 90 valence electrons. The summed E-state index contributed by atoms with van der Waals surface area (Å²) >= 11 is 3.21. The van der Waals surface area contributed by atoms with Gasteiger partial charge in [-0.2, -0.15) is 0 Å². The molecule has 4 heteroatoms. The van der Waals surface area contributed by atoms with E-state index in [0.717, 1.165) is 6.42 Å². The van der Waals surface area contributed by atoms with Gasteiger partial charge in [0.25, 0.3) is 0 Å². The largest absolute Gasteiger partial charge is 0.396 e. The topological polar surface area (TPSA) is 46.2 Å². The number of hydrogen-bond acceptors (Lipinski definition) is 2. The molecule has 0 spiro atoms. The van der Waals surface area contributed by atoms with Gasteiger partial charge >= 0.3 is 0 Å². The van der Waals surface area contributed by atoms with Crippen LogP contribution < -0.4 is 5.73 Å². The van der Waals surface area contributed by atoms with Gasteiger partial charge in [0.1, 0.15) is 5.82 Å². The first-order valence-electron chi connectivity index (χ1n) is 5.32. The lowest BCUT2D eigenvalue weighted by molar-refractivity contribution is 0.126. The fourth-order valence-electron chi connectivity index (χ4n) is 1.64. The van der Waals surface area contributed by atoms with Gasteiger partial charge in [-0.15, -0.1) is 0 Å². The van der Waals surface area contributed by atoms with E-state index in [9.17, 15) is 9.50 Å². The summed E-state index contributed by atoms with van der Waals surface area (Å²) in [5.74, 6) is -0.255. The molecule has 0 aliphatic heterocycles. The summed E-state index contributed by atoms with van der Waals surface area (Å²) in [6.45, 7) is 2.30. The van der Waals surface area contributed by atoms with E-state index >= 15 is 0 Å². The standard InChI is InChI=1S/C12H17BrFNO/c1-2-12(7-15,8-16)6-9-3-4-10(13)5-11(9)14/h3-5,16H,2,6-8,15H2,1H3. The van der Waals surface area contributed by atoms with E-state index in [-0.39, 0.29) is 12.4 Å². The Bertz CT molecular complexity index is 345. The minimum absolute atomic E-state index is 0.0183. The molecule has 1 aromatic carbocycles. The number of hydrogen-bond donors (Lipinski definition) is 2. The molecule has 0 bridgehead atoms. The van der Waals surface area contributed by atoms with Crippen molar-refractivity contribution in [3.05, 3.63) is 34.1 Å². The molecule has 0 amide bonds. The number of halogens is 2. The molecule has 3 N–H and O–H groups in total. The van der Waals surface area contributed by atoms with Gasteiger partial charge in [0.2, 0.25) is 0 Å². The molecular weight excluding hydrogens is 273 g/mol. The molecule has 2 nitrogen and oxygen atoms in total. The van der Waals surface area contributed by atoms with Crippen LogP contribution in [0.4, 0.5) is 4.39 Å². The van der Waals surface area contributed by atoms with Crippen molar-refractivity contribution in [3.8, 4) is 0 Å². The van der Waals surface area contributed by atoms with Gasteiger partial charge in [-0.3, -0.25) is 0 Å². The quantitative estimate of drug-likeness (QED) is 0.875. The Kier molecular flexibility index (Phi) is 4.89. The van der Waals surface area contributed by atoms with E-state index < -0.39 is 5.41 Å². The lowest BCUT2D eigenvalue weighted by Gasteiger charge is -2.29. The number of benzene rings is 1. The van der Waals surface area contributed by atoms with Gasteiger partial charge in [0.05, 0.1) is 6.61 Å². The second-order valence-electron chi connectivity index (χ2n) is 4.13. The van der Waals surface area contributed by atoms with E-state index in [1.54, 1.807) is 12.1 Å². The zero-order valence-electron chi connectivity index (χ0n) is 9.34. The van der Waals surface area contributed by atoms with E-state index in [2.05, 4.69) is 15.9 Å². The predicted molar refractivity (Wildman–Crippen MR) is 66.7 cm³/mol. The van der Waals surface area contributed by atoms with Crippen LogP contribution in [-0.2, 0) is 6.42 Å². The van der Waals surface area contributed by atoms with Crippen molar-refractivity contribution < 1.29 is 9.50 Å². The van der Waals surface area contributed by atoms with Gasteiger partial charge in [0, 0.05) is 16.4 Å². The van der Waals surface area contributed by atoms with Crippen molar-refractivity contribution in [1.82, 2.24) is 0 Å². The number of aliphatic hydroxyl groups is 1. The van der Waals surface area contributed by atoms with Crippen LogP contribution in [0.2, 0.25) is 0 Å². The first-order chi connectivity index (χ1) is 7.56. The molecule has 1 atom stereocenters. The zero-order chi connectivity index (χ0) is 12.2. The Morgan fingerprint density at radius 2 is 2.19 bits per heavy atom. The maximum absolute atomic E-state index is 13.6. The van der Waals surface area contributed by atoms with Crippen molar-refractivity contribution in [2.75, 3.05) is 13.2 Å². The van der Waals surface area contributed by atoms with Gasteiger partial charge < -0.3 is 10.8 Å². The van der Waals surface area contributed by atoms with Crippen molar-refractivity contribution in [3.63, 3.8) is 0 Å². The molecule has 1 unspecified atom stereocenters. The van der Waals surface area contributed by atoms with Crippen LogP contribution in [0.5, 0.6) is 0 Å². The molecule has 0 radical (unpaired) electrons. The highest BCUT2D eigenvalue weighted by molar-refractivity contribution is 9.10. The molecule has 0 aliphatic rings. The summed E-state index contributed by atoms with van der Waals surface area (Å²) in [7, 11) is 0. The maximum atomic E-state index is 13.6. The van der Waals surface area contributed by atoms with Crippen LogP contribution in [-0.4, -0.2) is 18.3 Å². The maximum Gasteiger partial charge on any atom is 0.127 e. The van der Waals surface area contributed by atoms with E-state index in [1.807, 2.05) is 6.92 Å². The Labute approximate surface area is 104 Å². The summed E-state index contributed by atoms with van der Waals surface area (Å²) in [4.78, 5) is 0. The summed E-state index contributed by atoms with van der Waals surface area (Å²) in [6, 6.07) is 4.96. The van der Waals surface area contributed by atoms with Crippen molar-refractivity contribution in [2.24, 2.45) is 11.1 Å². The molecule has 16 heavy (non-hydrogen) atoms. The second kappa shape index (κ2) is 5.75. The van der Waals surface area contributed by atoms with Gasteiger partial charge in [-0.25, -0.2) is 4.39 Å². The monoisotopic (exact) mass is 289 g/mol. The van der Waals surface area contributed by atoms with Gasteiger partial charge in [0.15, 0.2) is 0 Å². The molecule has 1 rings (SSSR count). The van der Waals surface area contributed by atoms with Crippen LogP contribution in [0, 0.1) is 11.2 Å². The molecule has 0 heterocycles. The predicted octanol–water partition coefficient (Wildman–Crippen LogP) is 2.48. The Hall–Kier alpha value is -0.450. The third-order valence-electron chi connectivity index (χ3n) is 3.10. The Morgan fingerprint density at radius 1 is 1.50 bits per heavy atom. The molecule has 0 saturated heterocycles. The fourth-order valence-corrected chi connectivity index (χ4v) is 1.98. The second-order valence-corrected chi connectivity index (χ2v) is 5.04. The SMILES string of the molecule is CCC(CN)(CO)Cc1ccc(Br)cc1F. The molecule has 1 aromatic rings. The highest BCUT2D eigenvalue weighted by Crippen LogP contribution is 2.27. The minimum Gasteiger partial charge on any atom is -0.396 e. The summed E-state index contributed by atoms with van der Waals surface area (Å²) < 4.78 is 14.4. The van der Waals surface area contributed by atoms with E-state index in [0.29, 0.717) is 23.0 Å². The highest BCUT2D eigenvalue weighted by Gasteiger charge is 2.27. The number of rotatable bonds is 5. The summed E-state index contributed by atoms with van der Waals surface area (Å²) in [5, 5.41) is 9.37. The van der Waals surface area contributed by atoms with Crippen LogP contribution >= 0.6 is 15.9 Å². The third-order valence-corrected chi connectivity index (χ3v) is 3.59. The van der Waals surface area contributed by atoms with Gasteiger partial charge in [-0.1, -0.05) is 28.9 Å². The van der Waals surface area contributed by atoms with Crippen LogP contribution in [0.25, 0.3) is 0 Å². The van der Waals surface area contributed by atoms with Crippen LogP contribution in [0.15, 0.2) is 22.7 Å². The van der Waals surface area contributed by atoms with Crippen molar-refractivity contribution in [2.45, 2.75) is 19.8 Å². The zero-order valence-corrected chi connectivity index (χ0v) is 10.9. The van der Waals surface area contributed by atoms with Crippen molar-refractivity contribution >= 4 is 15.9 Å². The molecular formula is C12H17BrFNO.